The van der Waals surface area contributed by atoms with Crippen molar-refractivity contribution < 1.29 is 34.0 Å². The second-order valence-corrected chi connectivity index (χ2v) is 8.92. The third-order valence-corrected chi connectivity index (χ3v) is 6.44. The summed E-state index contributed by atoms with van der Waals surface area (Å²) in [5.41, 5.74) is -3.09. The van der Waals surface area contributed by atoms with Crippen LogP contribution >= 0.6 is 7.60 Å². The van der Waals surface area contributed by atoms with Gasteiger partial charge >= 0.3 is 13.3 Å². The Bertz CT molecular complexity index is 850. The van der Waals surface area contributed by atoms with E-state index in [1.165, 1.54) is 20.2 Å². The molecular weight excluding hydrogens is 383 g/mol. The lowest BCUT2D eigenvalue weighted by atomic mass is 9.90. The molecule has 0 radical (unpaired) electrons. The predicted octanol–water partition coefficient (Wildman–Crippen LogP) is -1.06. The van der Waals surface area contributed by atoms with Gasteiger partial charge in [0.2, 0.25) is 0 Å². The highest BCUT2D eigenvalue weighted by atomic mass is 31.2. The number of hydrogen-bond acceptors (Lipinski definition) is 8. The molecule has 0 bridgehead atoms. The van der Waals surface area contributed by atoms with E-state index in [9.17, 15) is 34.4 Å². The molecule has 154 valence electrons. The van der Waals surface area contributed by atoms with Crippen LogP contribution in [0.15, 0.2) is 15.8 Å². The molecule has 1 saturated heterocycles. The van der Waals surface area contributed by atoms with E-state index >= 15 is 0 Å². The fourth-order valence-electron chi connectivity index (χ4n) is 2.92. The minimum absolute atomic E-state index is 0.0905. The number of aryl methyl sites for hydroxylation is 1. The third-order valence-electron chi connectivity index (χ3n) is 4.82. The molecule has 7 atom stereocenters. The van der Waals surface area contributed by atoms with Gasteiger partial charge in [-0.2, -0.15) is 0 Å². The van der Waals surface area contributed by atoms with Crippen LogP contribution in [0.4, 0.5) is 0 Å². The largest absolute Gasteiger partial charge is 0.387 e. The maximum atomic E-state index is 12.1. The smallest absolute Gasteiger partial charge is 0.356 e. The molecule has 1 fully saturated rings. The fraction of sp³-hybridized carbons (Fsp3) is 0.733. The number of nitrogens with zero attached hydrogens (tertiary/aromatic N) is 1. The molecule has 0 spiro atoms. The number of rotatable bonds is 6. The highest BCUT2D eigenvalue weighted by Crippen LogP contribution is 2.53. The summed E-state index contributed by atoms with van der Waals surface area (Å²) >= 11 is 0. The lowest BCUT2D eigenvalue weighted by Crippen LogP contribution is -2.48. The molecule has 1 aliphatic heterocycles. The van der Waals surface area contributed by atoms with E-state index in [4.69, 9.17) is 9.26 Å². The molecule has 5 N–H and O–H groups in total. The van der Waals surface area contributed by atoms with Gasteiger partial charge in [0.1, 0.15) is 30.0 Å². The van der Waals surface area contributed by atoms with Crippen molar-refractivity contribution in [2.75, 3.05) is 0 Å². The van der Waals surface area contributed by atoms with Crippen LogP contribution in [0.2, 0.25) is 0 Å². The van der Waals surface area contributed by atoms with Gasteiger partial charge in [0.05, 0.1) is 5.56 Å². The quantitative estimate of drug-likeness (QED) is 0.368. The number of H-pyrrole nitrogens is 1. The standard InChI is InChI=1S/C15H25N2O9P/c1-5-15(3,26-27(23,24)7(2)18)12-10(20)9(19)11(25-12)8-6-17(4)14(22)16-13(8)21/h6-7,9-12,18-20H,5H2,1-4H3,(H,23,24)(H,16,21,22)/t7?,9-,10+,11+,12?,15?/m1/s1. The summed E-state index contributed by atoms with van der Waals surface area (Å²) in [6.45, 7) is 4.09. The number of ether oxygens (including phenoxy) is 1. The van der Waals surface area contributed by atoms with E-state index < -0.39 is 54.7 Å². The van der Waals surface area contributed by atoms with Gasteiger partial charge in [0, 0.05) is 13.2 Å². The van der Waals surface area contributed by atoms with E-state index in [1.54, 1.807) is 6.92 Å². The number of hydrogen-bond donors (Lipinski definition) is 5. The van der Waals surface area contributed by atoms with Crippen molar-refractivity contribution in [1.82, 2.24) is 9.55 Å². The third kappa shape index (κ3) is 4.09. The molecule has 2 heterocycles. The number of aromatic nitrogens is 2. The molecule has 27 heavy (non-hydrogen) atoms. The maximum absolute atomic E-state index is 12.1. The monoisotopic (exact) mass is 408 g/mol. The van der Waals surface area contributed by atoms with Crippen LogP contribution in [0.5, 0.6) is 0 Å². The molecule has 2 rings (SSSR count). The Morgan fingerprint density at radius 2 is 2.00 bits per heavy atom. The van der Waals surface area contributed by atoms with Crippen LogP contribution in [0, 0.1) is 0 Å². The van der Waals surface area contributed by atoms with Crippen LogP contribution in [0.3, 0.4) is 0 Å². The number of aliphatic hydroxyl groups is 3. The van der Waals surface area contributed by atoms with Crippen LogP contribution < -0.4 is 11.2 Å². The minimum atomic E-state index is -4.45. The van der Waals surface area contributed by atoms with E-state index in [2.05, 4.69) is 4.98 Å². The Hall–Kier alpha value is -1.33. The summed E-state index contributed by atoms with van der Waals surface area (Å²) in [7, 11) is -3.06. The Morgan fingerprint density at radius 1 is 1.41 bits per heavy atom. The van der Waals surface area contributed by atoms with Gasteiger partial charge < -0.3 is 29.5 Å². The number of nitrogens with one attached hydrogen (secondary N) is 1. The van der Waals surface area contributed by atoms with Crippen molar-refractivity contribution in [3.63, 3.8) is 0 Å². The number of aliphatic hydroxyl groups excluding tert-OH is 3. The zero-order valence-electron chi connectivity index (χ0n) is 15.4. The highest BCUT2D eigenvalue weighted by molar-refractivity contribution is 7.53. The zero-order valence-corrected chi connectivity index (χ0v) is 16.3. The Kier molecular flexibility index (Phi) is 6.18. The van der Waals surface area contributed by atoms with Crippen LogP contribution in [0.1, 0.15) is 38.9 Å². The second kappa shape index (κ2) is 7.59. The van der Waals surface area contributed by atoms with E-state index in [-0.39, 0.29) is 12.0 Å². The van der Waals surface area contributed by atoms with Gasteiger partial charge in [-0.05, 0) is 20.3 Å². The van der Waals surface area contributed by atoms with Crippen LogP contribution in [-0.2, 0) is 20.9 Å². The van der Waals surface area contributed by atoms with Gasteiger partial charge in [-0.3, -0.25) is 18.9 Å². The lowest BCUT2D eigenvalue weighted by Gasteiger charge is -2.37. The van der Waals surface area contributed by atoms with Gasteiger partial charge in [-0.25, -0.2) is 4.79 Å². The minimum Gasteiger partial charge on any atom is -0.387 e. The first-order chi connectivity index (χ1) is 12.3. The molecule has 12 heteroatoms. The molecule has 11 nitrogen and oxygen atoms in total. The molecule has 0 amide bonds. The molecule has 0 saturated carbocycles. The van der Waals surface area contributed by atoms with Crippen molar-refractivity contribution in [2.45, 2.75) is 63.1 Å². The Morgan fingerprint density at radius 3 is 2.52 bits per heavy atom. The molecule has 1 aromatic rings. The average molecular weight is 408 g/mol. The highest BCUT2D eigenvalue weighted by Gasteiger charge is 2.54. The molecule has 0 aromatic carbocycles. The predicted molar refractivity (Wildman–Crippen MR) is 93.2 cm³/mol. The van der Waals surface area contributed by atoms with Crippen molar-refractivity contribution in [2.24, 2.45) is 7.05 Å². The van der Waals surface area contributed by atoms with Crippen LogP contribution in [-0.4, -0.2) is 59.5 Å². The molecule has 1 aliphatic rings. The first kappa shape index (κ1) is 22.0. The van der Waals surface area contributed by atoms with Crippen molar-refractivity contribution in [3.05, 3.63) is 32.6 Å². The summed E-state index contributed by atoms with van der Waals surface area (Å²) in [5, 5.41) is 30.3. The molecular formula is C15H25N2O9P. The summed E-state index contributed by atoms with van der Waals surface area (Å²) < 4.78 is 24.1. The summed E-state index contributed by atoms with van der Waals surface area (Å²) in [5.74, 6) is -1.67. The first-order valence-electron chi connectivity index (χ1n) is 8.36. The Labute approximate surface area is 154 Å². The topological polar surface area (TPSA) is 171 Å². The molecule has 0 aliphatic carbocycles. The van der Waals surface area contributed by atoms with Crippen molar-refractivity contribution in [3.8, 4) is 0 Å². The normalized spacial score (nSPS) is 31.3. The van der Waals surface area contributed by atoms with Gasteiger partial charge in [-0.1, -0.05) is 6.92 Å². The van der Waals surface area contributed by atoms with Crippen molar-refractivity contribution >= 4 is 7.60 Å². The second-order valence-electron chi connectivity index (χ2n) is 6.87. The maximum Gasteiger partial charge on any atom is 0.356 e. The van der Waals surface area contributed by atoms with Crippen LogP contribution in [0.25, 0.3) is 0 Å². The summed E-state index contributed by atoms with van der Waals surface area (Å²) in [6, 6.07) is 0. The van der Waals surface area contributed by atoms with Gasteiger partial charge in [0.25, 0.3) is 5.56 Å². The average Bonchev–Trinajstić information content (AvgIpc) is 2.86. The Balaban J connectivity index is 2.40. The fourth-order valence-corrected chi connectivity index (χ4v) is 3.90. The zero-order chi connectivity index (χ0) is 20.7. The SMILES string of the molecule is CCC(C)(OP(=O)(O)C(C)O)C1O[C@@H](c2cn(C)c(=O)[nH]c2=O)[C@H](O)[C@@H]1O. The van der Waals surface area contributed by atoms with E-state index in [0.717, 1.165) is 11.5 Å². The summed E-state index contributed by atoms with van der Waals surface area (Å²) in [6.07, 6.45) is -4.40. The van der Waals surface area contributed by atoms with E-state index in [1.807, 2.05) is 0 Å². The first-order valence-corrected chi connectivity index (χ1v) is 10.0. The number of aromatic amines is 1. The molecule has 4 unspecified atom stereocenters. The van der Waals surface area contributed by atoms with E-state index in [0.29, 0.717) is 0 Å². The van der Waals surface area contributed by atoms with Gasteiger partial charge in [-0.15, -0.1) is 0 Å². The summed E-state index contributed by atoms with van der Waals surface area (Å²) in [4.78, 5) is 35.5. The van der Waals surface area contributed by atoms with Gasteiger partial charge in [0.15, 0.2) is 5.85 Å². The van der Waals surface area contributed by atoms with Crippen molar-refractivity contribution in [1.29, 1.82) is 0 Å². The lowest BCUT2D eigenvalue weighted by molar-refractivity contribution is -0.114. The molecule has 1 aromatic heterocycles.